The highest BCUT2D eigenvalue weighted by atomic mass is 79.9. The van der Waals surface area contributed by atoms with Crippen LogP contribution < -0.4 is 0 Å². The average molecular weight is 405 g/mol. The predicted molar refractivity (Wildman–Crippen MR) is 92.3 cm³/mol. The Morgan fingerprint density at radius 2 is 2.00 bits per heavy atom. The van der Waals surface area contributed by atoms with E-state index in [0.717, 1.165) is 18.1 Å². The second-order valence-electron chi connectivity index (χ2n) is 5.26. The minimum atomic E-state index is -0.682. The third-order valence-corrected chi connectivity index (χ3v) is 4.26. The van der Waals surface area contributed by atoms with Gasteiger partial charge < -0.3 is 9.26 Å². The maximum atomic E-state index is 13.2. The number of ether oxygens (including phenoxy) is 1. The zero-order valence-corrected chi connectivity index (χ0v) is 14.9. The van der Waals surface area contributed by atoms with E-state index in [4.69, 9.17) is 9.26 Å². The summed E-state index contributed by atoms with van der Waals surface area (Å²) in [5.41, 5.74) is 2.11. The normalized spacial score (nSPS) is 10.7. The number of nitrogens with zero attached hydrogens (tertiary/aromatic N) is 2. The minimum Gasteiger partial charge on any atom is -0.452 e. The Kier molecular flexibility index (Phi) is 5.23. The molecule has 0 unspecified atom stereocenters. The van der Waals surface area contributed by atoms with Crippen LogP contribution in [0.4, 0.5) is 4.39 Å². The van der Waals surface area contributed by atoms with Gasteiger partial charge in [-0.15, -0.1) is 0 Å². The van der Waals surface area contributed by atoms with E-state index in [0.29, 0.717) is 10.3 Å². The first-order valence-corrected chi connectivity index (χ1v) is 8.40. The molecule has 0 saturated carbocycles. The summed E-state index contributed by atoms with van der Waals surface area (Å²) in [7, 11) is 0. The van der Waals surface area contributed by atoms with Gasteiger partial charge in [0, 0.05) is 10.0 Å². The molecule has 0 atom stereocenters. The number of carbonyl (C=O) groups excluding carboxylic acids is 1. The van der Waals surface area contributed by atoms with E-state index >= 15 is 0 Å². The maximum Gasteiger partial charge on any atom is 0.339 e. The summed E-state index contributed by atoms with van der Waals surface area (Å²) in [4.78, 5) is 16.2. The van der Waals surface area contributed by atoms with Crippen molar-refractivity contribution in [3.63, 3.8) is 0 Å². The SMILES string of the molecule is CCc1ccc(-c2noc(COC(=O)c3cc(F)ccc3Br)n2)cc1. The van der Waals surface area contributed by atoms with Crippen molar-refractivity contribution in [1.29, 1.82) is 0 Å². The van der Waals surface area contributed by atoms with E-state index in [-0.39, 0.29) is 18.1 Å². The molecule has 0 aliphatic rings. The van der Waals surface area contributed by atoms with Crippen LogP contribution in [0.2, 0.25) is 0 Å². The van der Waals surface area contributed by atoms with Crippen molar-refractivity contribution in [2.24, 2.45) is 0 Å². The molecule has 0 aliphatic carbocycles. The molecule has 1 aromatic heterocycles. The van der Waals surface area contributed by atoms with Gasteiger partial charge in [0.15, 0.2) is 6.61 Å². The number of aryl methyl sites for hydroxylation is 1. The summed E-state index contributed by atoms with van der Waals surface area (Å²) >= 11 is 3.18. The number of aromatic nitrogens is 2. The average Bonchev–Trinajstić information content (AvgIpc) is 3.11. The number of esters is 1. The maximum absolute atomic E-state index is 13.2. The zero-order chi connectivity index (χ0) is 17.8. The number of carbonyl (C=O) groups is 1. The van der Waals surface area contributed by atoms with E-state index in [2.05, 4.69) is 33.0 Å². The van der Waals surface area contributed by atoms with Crippen molar-refractivity contribution in [3.05, 3.63) is 69.8 Å². The highest BCUT2D eigenvalue weighted by Gasteiger charge is 2.15. The molecule has 0 amide bonds. The van der Waals surface area contributed by atoms with Gasteiger partial charge in [-0.1, -0.05) is 36.3 Å². The quantitative estimate of drug-likeness (QED) is 0.583. The van der Waals surface area contributed by atoms with E-state index in [1.807, 2.05) is 24.3 Å². The number of hydrogen-bond donors (Lipinski definition) is 0. The fourth-order valence-corrected chi connectivity index (χ4v) is 2.59. The number of benzene rings is 2. The van der Waals surface area contributed by atoms with Crippen molar-refractivity contribution in [2.75, 3.05) is 0 Å². The summed E-state index contributed by atoms with van der Waals surface area (Å²) in [6.45, 7) is 1.88. The first-order chi connectivity index (χ1) is 12.1. The Morgan fingerprint density at radius 3 is 2.72 bits per heavy atom. The highest BCUT2D eigenvalue weighted by molar-refractivity contribution is 9.10. The molecule has 7 heteroatoms. The van der Waals surface area contributed by atoms with Gasteiger partial charge in [-0.3, -0.25) is 0 Å². The van der Waals surface area contributed by atoms with Crippen molar-refractivity contribution < 1.29 is 18.4 Å². The standard InChI is InChI=1S/C18H14BrFN2O3/c1-2-11-3-5-12(6-4-11)17-21-16(25-22-17)10-24-18(23)14-9-13(20)7-8-15(14)19/h3-9H,2,10H2,1H3. The van der Waals surface area contributed by atoms with Crippen molar-refractivity contribution >= 4 is 21.9 Å². The number of halogens is 2. The molecule has 0 aliphatic heterocycles. The molecule has 128 valence electrons. The lowest BCUT2D eigenvalue weighted by molar-refractivity contribution is 0.0428. The van der Waals surface area contributed by atoms with Crippen molar-refractivity contribution in [3.8, 4) is 11.4 Å². The van der Waals surface area contributed by atoms with Gasteiger partial charge in [0.05, 0.1) is 5.56 Å². The highest BCUT2D eigenvalue weighted by Crippen LogP contribution is 2.20. The fraction of sp³-hybridized carbons (Fsp3) is 0.167. The van der Waals surface area contributed by atoms with Gasteiger partial charge in [0.2, 0.25) is 5.82 Å². The van der Waals surface area contributed by atoms with Crippen LogP contribution in [0.1, 0.15) is 28.7 Å². The lowest BCUT2D eigenvalue weighted by atomic mass is 10.1. The summed E-state index contributed by atoms with van der Waals surface area (Å²) in [6.07, 6.45) is 0.948. The van der Waals surface area contributed by atoms with Crippen LogP contribution in [0.15, 0.2) is 51.5 Å². The molecule has 3 rings (SSSR count). The fourth-order valence-electron chi connectivity index (χ4n) is 2.18. The summed E-state index contributed by atoms with van der Waals surface area (Å²) in [5, 5.41) is 3.88. The molecule has 3 aromatic rings. The zero-order valence-electron chi connectivity index (χ0n) is 13.3. The molecule has 0 fully saturated rings. The number of rotatable bonds is 5. The third-order valence-electron chi connectivity index (χ3n) is 3.56. The molecule has 0 radical (unpaired) electrons. The van der Waals surface area contributed by atoms with Crippen LogP contribution in [-0.2, 0) is 17.8 Å². The van der Waals surface area contributed by atoms with Gasteiger partial charge >= 0.3 is 5.97 Å². The van der Waals surface area contributed by atoms with E-state index < -0.39 is 11.8 Å². The molecule has 0 saturated heterocycles. The van der Waals surface area contributed by atoms with Gasteiger partial charge in [0.1, 0.15) is 5.82 Å². The van der Waals surface area contributed by atoms with E-state index in [1.54, 1.807) is 0 Å². The molecule has 1 heterocycles. The molecule has 2 aromatic carbocycles. The Hall–Kier alpha value is -2.54. The minimum absolute atomic E-state index is 0.0925. The van der Waals surface area contributed by atoms with Crippen LogP contribution in [0, 0.1) is 5.82 Å². The molecule has 0 bridgehead atoms. The summed E-state index contributed by atoms with van der Waals surface area (Å²) in [6, 6.07) is 11.6. The second-order valence-corrected chi connectivity index (χ2v) is 6.12. The smallest absolute Gasteiger partial charge is 0.339 e. The van der Waals surface area contributed by atoms with Gasteiger partial charge in [-0.25, -0.2) is 9.18 Å². The Morgan fingerprint density at radius 1 is 1.24 bits per heavy atom. The van der Waals surface area contributed by atoms with Crippen LogP contribution in [0.25, 0.3) is 11.4 Å². The molecule has 0 N–H and O–H groups in total. The van der Waals surface area contributed by atoms with Gasteiger partial charge in [-0.05, 0) is 46.1 Å². The molecule has 25 heavy (non-hydrogen) atoms. The lowest BCUT2D eigenvalue weighted by Crippen LogP contribution is -2.06. The Balaban J connectivity index is 1.67. The van der Waals surface area contributed by atoms with Gasteiger partial charge in [0.25, 0.3) is 5.89 Å². The summed E-state index contributed by atoms with van der Waals surface area (Å²) < 4.78 is 23.9. The van der Waals surface area contributed by atoms with Crippen molar-refractivity contribution in [2.45, 2.75) is 20.0 Å². The first-order valence-electron chi connectivity index (χ1n) is 7.61. The second kappa shape index (κ2) is 7.57. The van der Waals surface area contributed by atoms with E-state index in [9.17, 15) is 9.18 Å². The molecular formula is C18H14BrFN2O3. The van der Waals surface area contributed by atoms with Crippen LogP contribution >= 0.6 is 15.9 Å². The molecule has 5 nitrogen and oxygen atoms in total. The van der Waals surface area contributed by atoms with Crippen LogP contribution in [-0.4, -0.2) is 16.1 Å². The monoisotopic (exact) mass is 404 g/mol. The first kappa shape index (κ1) is 17.3. The Bertz CT molecular complexity index is 894. The summed E-state index contributed by atoms with van der Waals surface area (Å²) in [5.74, 6) is -0.625. The van der Waals surface area contributed by atoms with Gasteiger partial charge in [-0.2, -0.15) is 4.98 Å². The Labute approximate surface area is 151 Å². The lowest BCUT2D eigenvalue weighted by Gasteiger charge is -2.04. The van der Waals surface area contributed by atoms with Crippen LogP contribution in [0.3, 0.4) is 0 Å². The third kappa shape index (κ3) is 4.11. The molecular weight excluding hydrogens is 391 g/mol. The van der Waals surface area contributed by atoms with E-state index in [1.165, 1.54) is 17.7 Å². The number of hydrogen-bond acceptors (Lipinski definition) is 5. The topological polar surface area (TPSA) is 65.2 Å². The van der Waals surface area contributed by atoms with Crippen molar-refractivity contribution in [1.82, 2.24) is 10.1 Å². The van der Waals surface area contributed by atoms with Crippen LogP contribution in [0.5, 0.6) is 0 Å². The molecule has 0 spiro atoms. The largest absolute Gasteiger partial charge is 0.452 e. The predicted octanol–water partition coefficient (Wildman–Crippen LogP) is 4.56.